The number of tetrazole rings is 1. The van der Waals surface area contributed by atoms with Crippen LogP contribution in [0.15, 0.2) is 59.8 Å². The van der Waals surface area contributed by atoms with Crippen molar-refractivity contribution in [3.63, 3.8) is 0 Å². The number of nitrogens with zero attached hydrogens (tertiary/aromatic N) is 5. The minimum Gasteiger partial charge on any atom is -0.379 e. The van der Waals surface area contributed by atoms with Gasteiger partial charge in [0.15, 0.2) is 5.82 Å². The van der Waals surface area contributed by atoms with Crippen molar-refractivity contribution in [1.29, 1.82) is 0 Å². The molecule has 184 valence electrons. The molecule has 1 aliphatic heterocycles. The van der Waals surface area contributed by atoms with Gasteiger partial charge < -0.3 is 10.1 Å². The van der Waals surface area contributed by atoms with Crippen LogP contribution in [0.5, 0.6) is 0 Å². The van der Waals surface area contributed by atoms with E-state index >= 15 is 0 Å². The number of ether oxygens (including phenoxy) is 1. The fraction of sp³-hybridized carbons (Fsp3) is 0.462. The molecule has 3 aromatic rings. The Balaban J connectivity index is 1.57. The molecule has 2 atom stereocenters. The standard InChI is InChI=1S/C26H33N7O2/c1-3-4-9-21-17-32(22-10-6-11-23(22)35-2)25(34)33(21)18-26(12-14-27-15-13-26)20-8-5-7-19(16-20)24-28-30-31-29-24/h5,7-8,12-17,22-23,27H,3-4,6,9-11,18H2,1-2H3,(H,28,29,30,31). The van der Waals surface area contributed by atoms with Crippen LogP contribution in [0.3, 0.4) is 0 Å². The third-order valence-electron chi connectivity index (χ3n) is 7.34. The molecule has 3 heterocycles. The number of aryl methyl sites for hydroxylation is 1. The van der Waals surface area contributed by atoms with Crippen LogP contribution in [0.25, 0.3) is 11.4 Å². The summed E-state index contributed by atoms with van der Waals surface area (Å²) in [6.45, 7) is 2.69. The van der Waals surface area contributed by atoms with Gasteiger partial charge in [0.05, 0.1) is 17.6 Å². The number of methoxy groups -OCH3 is 1. The molecule has 9 heteroatoms. The van der Waals surface area contributed by atoms with Crippen LogP contribution in [-0.4, -0.2) is 43.0 Å². The average molecular weight is 476 g/mol. The third-order valence-corrected chi connectivity index (χ3v) is 7.34. The lowest BCUT2D eigenvalue weighted by atomic mass is 9.78. The number of hydrogen-bond acceptors (Lipinski definition) is 6. The second-order valence-corrected chi connectivity index (χ2v) is 9.48. The summed E-state index contributed by atoms with van der Waals surface area (Å²) in [5.41, 5.74) is 2.59. The van der Waals surface area contributed by atoms with Crippen molar-refractivity contribution in [2.24, 2.45) is 0 Å². The third kappa shape index (κ3) is 4.48. The van der Waals surface area contributed by atoms with Gasteiger partial charge in [-0.25, -0.2) is 9.89 Å². The summed E-state index contributed by atoms with van der Waals surface area (Å²) in [4.78, 5) is 13.9. The molecule has 0 amide bonds. The fourth-order valence-corrected chi connectivity index (χ4v) is 5.40. The second-order valence-electron chi connectivity index (χ2n) is 9.48. The Morgan fingerprint density at radius 2 is 2.09 bits per heavy atom. The Morgan fingerprint density at radius 1 is 1.23 bits per heavy atom. The first-order valence-corrected chi connectivity index (χ1v) is 12.4. The molecule has 2 aromatic heterocycles. The van der Waals surface area contributed by atoms with Crippen molar-refractivity contribution < 1.29 is 4.74 Å². The molecule has 1 saturated carbocycles. The van der Waals surface area contributed by atoms with Crippen LogP contribution in [0, 0.1) is 0 Å². The summed E-state index contributed by atoms with van der Waals surface area (Å²) in [5, 5.41) is 17.5. The first-order valence-electron chi connectivity index (χ1n) is 12.4. The van der Waals surface area contributed by atoms with Crippen LogP contribution in [0.2, 0.25) is 0 Å². The number of H-pyrrole nitrogens is 1. The van der Waals surface area contributed by atoms with Gasteiger partial charge in [-0.3, -0.25) is 9.13 Å². The molecular formula is C26H33N7O2. The number of aromatic amines is 1. The highest BCUT2D eigenvalue weighted by Gasteiger charge is 2.34. The van der Waals surface area contributed by atoms with E-state index in [1.165, 1.54) is 0 Å². The van der Waals surface area contributed by atoms with Crippen LogP contribution in [-0.2, 0) is 23.1 Å². The lowest BCUT2D eigenvalue weighted by Crippen LogP contribution is -2.38. The number of dihydropyridines is 1. The molecule has 35 heavy (non-hydrogen) atoms. The molecule has 9 nitrogen and oxygen atoms in total. The average Bonchev–Trinajstić information content (AvgIpc) is 3.65. The van der Waals surface area contributed by atoms with Gasteiger partial charge in [0, 0.05) is 31.1 Å². The summed E-state index contributed by atoms with van der Waals surface area (Å²) in [6, 6.07) is 8.26. The number of aromatic nitrogens is 6. The van der Waals surface area contributed by atoms with Gasteiger partial charge >= 0.3 is 5.69 Å². The van der Waals surface area contributed by atoms with Gasteiger partial charge in [-0.2, -0.15) is 0 Å². The summed E-state index contributed by atoms with van der Waals surface area (Å²) >= 11 is 0. The van der Waals surface area contributed by atoms with E-state index in [-0.39, 0.29) is 17.8 Å². The Bertz CT molecular complexity index is 1240. The van der Waals surface area contributed by atoms with Crippen LogP contribution >= 0.6 is 0 Å². The zero-order valence-electron chi connectivity index (χ0n) is 20.4. The van der Waals surface area contributed by atoms with E-state index < -0.39 is 5.41 Å². The molecule has 0 radical (unpaired) electrons. The summed E-state index contributed by atoms with van der Waals surface area (Å²) in [5.74, 6) is 0.614. The van der Waals surface area contributed by atoms with E-state index in [9.17, 15) is 4.79 Å². The number of hydrogen-bond donors (Lipinski definition) is 2. The number of allylic oxidation sites excluding steroid dienone is 2. The lowest BCUT2D eigenvalue weighted by molar-refractivity contribution is 0.0736. The van der Waals surface area contributed by atoms with Gasteiger partial charge in [0.1, 0.15) is 0 Å². The molecule has 1 aromatic carbocycles. The predicted molar refractivity (Wildman–Crippen MR) is 134 cm³/mol. The minimum absolute atomic E-state index is 0.0420. The van der Waals surface area contributed by atoms with Crippen molar-refractivity contribution >= 4 is 0 Å². The molecule has 2 aliphatic rings. The minimum atomic E-state index is -0.498. The largest absolute Gasteiger partial charge is 0.379 e. The van der Waals surface area contributed by atoms with Crippen molar-refractivity contribution in [3.05, 3.63) is 76.8 Å². The summed E-state index contributed by atoms with van der Waals surface area (Å²) < 4.78 is 9.64. The van der Waals surface area contributed by atoms with E-state index in [1.54, 1.807) is 7.11 Å². The molecule has 0 spiro atoms. The van der Waals surface area contributed by atoms with Crippen molar-refractivity contribution in [3.8, 4) is 11.4 Å². The number of benzene rings is 1. The van der Waals surface area contributed by atoms with Gasteiger partial charge in [-0.1, -0.05) is 43.7 Å². The Morgan fingerprint density at radius 3 is 2.83 bits per heavy atom. The van der Waals surface area contributed by atoms with Crippen molar-refractivity contribution in [2.75, 3.05) is 7.11 Å². The van der Waals surface area contributed by atoms with E-state index in [2.05, 4.69) is 63.3 Å². The van der Waals surface area contributed by atoms with Crippen LogP contribution in [0.4, 0.5) is 0 Å². The Labute approximate surface area is 204 Å². The van der Waals surface area contributed by atoms with Gasteiger partial charge in [-0.15, -0.1) is 5.10 Å². The van der Waals surface area contributed by atoms with E-state index in [0.29, 0.717) is 12.4 Å². The number of imidazole rings is 1. The van der Waals surface area contributed by atoms with Crippen LogP contribution < -0.4 is 11.0 Å². The highest BCUT2D eigenvalue weighted by atomic mass is 16.5. The summed E-state index contributed by atoms with van der Waals surface area (Å²) in [6.07, 6.45) is 16.3. The quantitative estimate of drug-likeness (QED) is 0.491. The SMILES string of the molecule is CCCCc1cn(C2CCCC2OC)c(=O)n1CC1(c2cccc(-c3nnn[nH]3)c2)C=CNC=C1. The Kier molecular flexibility index (Phi) is 6.68. The lowest BCUT2D eigenvalue weighted by Gasteiger charge is -2.31. The number of nitrogens with one attached hydrogen (secondary N) is 2. The highest BCUT2D eigenvalue weighted by molar-refractivity contribution is 5.57. The maximum atomic E-state index is 13.9. The first kappa shape index (κ1) is 23.3. The van der Waals surface area contributed by atoms with E-state index in [0.717, 1.165) is 55.3 Å². The number of unbranched alkanes of at least 4 members (excludes halogenated alkanes) is 1. The number of rotatable bonds is 9. The zero-order chi connectivity index (χ0) is 24.3. The van der Waals surface area contributed by atoms with Gasteiger partial charge in [0.25, 0.3) is 0 Å². The second kappa shape index (κ2) is 10.0. The molecule has 0 bridgehead atoms. The van der Waals surface area contributed by atoms with Crippen molar-refractivity contribution in [1.82, 2.24) is 35.1 Å². The van der Waals surface area contributed by atoms with E-state index in [1.807, 2.05) is 33.7 Å². The molecule has 2 N–H and O–H groups in total. The highest BCUT2D eigenvalue weighted by Crippen LogP contribution is 2.35. The normalized spacial score (nSPS) is 20.9. The summed E-state index contributed by atoms with van der Waals surface area (Å²) in [7, 11) is 1.75. The van der Waals surface area contributed by atoms with Gasteiger partial charge in [-0.05, 0) is 66.6 Å². The first-order chi connectivity index (χ1) is 17.1. The zero-order valence-corrected chi connectivity index (χ0v) is 20.4. The van der Waals surface area contributed by atoms with Gasteiger partial charge in [0.2, 0.25) is 0 Å². The van der Waals surface area contributed by atoms with E-state index in [4.69, 9.17) is 4.74 Å². The molecule has 2 unspecified atom stereocenters. The predicted octanol–water partition coefficient (Wildman–Crippen LogP) is 3.48. The smallest absolute Gasteiger partial charge is 0.328 e. The fourth-order valence-electron chi connectivity index (χ4n) is 5.40. The monoisotopic (exact) mass is 475 g/mol. The molecule has 1 aliphatic carbocycles. The molecular weight excluding hydrogens is 442 g/mol. The van der Waals surface area contributed by atoms with Crippen molar-refractivity contribution in [2.45, 2.75) is 69.6 Å². The maximum absolute atomic E-state index is 13.9. The topological polar surface area (TPSA) is 103 Å². The Hall–Kier alpha value is -3.46. The molecule has 5 rings (SSSR count). The molecule has 1 fully saturated rings. The van der Waals surface area contributed by atoms with Crippen LogP contribution in [0.1, 0.15) is 56.3 Å². The molecule has 0 saturated heterocycles. The maximum Gasteiger partial charge on any atom is 0.328 e.